The van der Waals surface area contributed by atoms with Gasteiger partial charge in [-0.25, -0.2) is 4.79 Å². The summed E-state index contributed by atoms with van der Waals surface area (Å²) in [4.78, 5) is 27.9. The second kappa shape index (κ2) is 10.6. The number of oxime groups is 1. The van der Waals surface area contributed by atoms with Crippen LogP contribution >= 0.6 is 43.5 Å². The van der Waals surface area contributed by atoms with Crippen LogP contribution in [0.1, 0.15) is 21.5 Å². The van der Waals surface area contributed by atoms with Crippen molar-refractivity contribution >= 4 is 61.4 Å². The number of hydrogen-bond donors (Lipinski definition) is 2. The molecule has 0 bridgehead atoms. The largest absolute Gasteiger partial charge is 0.507 e. The Hall–Kier alpha value is -2.88. The third kappa shape index (κ3) is 6.09. The van der Waals surface area contributed by atoms with Crippen molar-refractivity contribution < 1.29 is 29.4 Å². The molecule has 0 aromatic heterocycles. The highest BCUT2D eigenvalue weighted by molar-refractivity contribution is 9.11. The van der Waals surface area contributed by atoms with Crippen LogP contribution in [0, 0.1) is 0 Å². The van der Waals surface area contributed by atoms with E-state index < -0.39 is 18.4 Å². The zero-order chi connectivity index (χ0) is 23.3. The predicted octanol–water partition coefficient (Wildman–Crippen LogP) is 6.03. The first kappa shape index (κ1) is 23.8. The highest BCUT2D eigenvalue weighted by Crippen LogP contribution is 2.38. The van der Waals surface area contributed by atoms with Gasteiger partial charge in [-0.3, -0.25) is 4.79 Å². The van der Waals surface area contributed by atoms with Crippen LogP contribution in [0.3, 0.4) is 0 Å². The van der Waals surface area contributed by atoms with Crippen molar-refractivity contribution in [1.82, 2.24) is 0 Å². The Bertz CT molecular complexity index is 1190. The van der Waals surface area contributed by atoms with E-state index in [9.17, 15) is 14.7 Å². The molecule has 7 nitrogen and oxygen atoms in total. The zero-order valence-electron chi connectivity index (χ0n) is 16.1. The molecule has 3 rings (SSSR count). The highest BCUT2D eigenvalue weighted by Gasteiger charge is 2.17. The standard InChI is InChI=1S/C22H14Br2ClNO6/c23-17-6-12(10-26-31-11-20(28)29)7-18(24)22(17)32-15-4-5-19(27)16(9-15)21(30)13-2-1-3-14(25)8-13/h1-10,27H,11H2,(H,28,29)/b26-10+. The number of benzene rings is 3. The molecule has 0 aliphatic carbocycles. The van der Waals surface area contributed by atoms with Crippen molar-refractivity contribution in [1.29, 1.82) is 0 Å². The molecule has 3 aromatic rings. The van der Waals surface area contributed by atoms with Gasteiger partial charge in [0, 0.05) is 10.6 Å². The van der Waals surface area contributed by atoms with Crippen LogP contribution in [-0.4, -0.2) is 34.8 Å². The number of aromatic hydroxyl groups is 1. The molecule has 10 heteroatoms. The predicted molar refractivity (Wildman–Crippen MR) is 126 cm³/mol. The molecule has 3 aromatic carbocycles. The molecule has 164 valence electrons. The number of aliphatic carboxylic acids is 1. The van der Waals surface area contributed by atoms with Crippen molar-refractivity contribution in [3.63, 3.8) is 0 Å². The van der Waals surface area contributed by atoms with Gasteiger partial charge < -0.3 is 19.8 Å². The Morgan fingerprint density at radius 1 is 1.06 bits per heavy atom. The Morgan fingerprint density at radius 3 is 2.44 bits per heavy atom. The normalized spacial score (nSPS) is 10.8. The van der Waals surface area contributed by atoms with Crippen LogP contribution < -0.4 is 4.74 Å². The van der Waals surface area contributed by atoms with Gasteiger partial charge in [-0.2, -0.15) is 0 Å². The van der Waals surface area contributed by atoms with E-state index in [1.54, 1.807) is 30.3 Å². The van der Waals surface area contributed by atoms with Crippen molar-refractivity contribution in [2.45, 2.75) is 0 Å². The molecule has 2 N–H and O–H groups in total. The summed E-state index contributed by atoms with van der Waals surface area (Å²) in [6, 6.07) is 14.1. The molecular formula is C22H14Br2ClNO6. The summed E-state index contributed by atoms with van der Waals surface area (Å²) in [6.45, 7) is -0.545. The minimum Gasteiger partial charge on any atom is -0.507 e. The fourth-order valence-corrected chi connectivity index (χ4v) is 4.18. The number of phenolic OH excluding ortho intramolecular Hbond substituents is 1. The number of phenols is 1. The number of carboxylic acids is 1. The topological polar surface area (TPSA) is 105 Å². The van der Waals surface area contributed by atoms with E-state index in [0.717, 1.165) is 0 Å². The molecule has 0 aliphatic heterocycles. The van der Waals surface area contributed by atoms with Crippen molar-refractivity contribution in [2.75, 3.05) is 6.61 Å². The van der Waals surface area contributed by atoms with Crippen molar-refractivity contribution in [3.05, 3.63) is 85.3 Å². The molecule has 0 heterocycles. The van der Waals surface area contributed by atoms with Crippen LogP contribution in [-0.2, 0) is 9.63 Å². The minimum atomic E-state index is -1.13. The number of carboxylic acid groups (broad SMARTS) is 1. The first-order valence-electron chi connectivity index (χ1n) is 8.92. The number of halogens is 3. The number of carbonyl (C=O) groups is 2. The number of nitrogens with zero attached hydrogens (tertiary/aromatic N) is 1. The van der Waals surface area contributed by atoms with Gasteiger partial charge >= 0.3 is 5.97 Å². The van der Waals surface area contributed by atoms with Gasteiger partial charge in [0.05, 0.1) is 20.7 Å². The lowest BCUT2D eigenvalue weighted by Crippen LogP contribution is -2.03. The highest BCUT2D eigenvalue weighted by atomic mass is 79.9. The minimum absolute atomic E-state index is 0.0661. The van der Waals surface area contributed by atoms with Crippen LogP contribution in [0.5, 0.6) is 17.2 Å². The summed E-state index contributed by atoms with van der Waals surface area (Å²) in [5.74, 6) is -0.980. The molecule has 0 fully saturated rings. The maximum atomic E-state index is 12.8. The van der Waals surface area contributed by atoms with Gasteiger partial charge in [0.25, 0.3) is 0 Å². The molecule has 0 saturated heterocycles. The summed E-state index contributed by atoms with van der Waals surface area (Å²) in [7, 11) is 0. The summed E-state index contributed by atoms with van der Waals surface area (Å²) < 4.78 is 7.04. The molecule has 32 heavy (non-hydrogen) atoms. The van der Waals surface area contributed by atoms with Crippen LogP contribution in [0.25, 0.3) is 0 Å². The smallest absolute Gasteiger partial charge is 0.344 e. The number of rotatable bonds is 8. The van der Waals surface area contributed by atoms with Gasteiger partial charge in [0.2, 0.25) is 6.61 Å². The lowest BCUT2D eigenvalue weighted by Gasteiger charge is -2.12. The molecule has 0 saturated carbocycles. The second-order valence-electron chi connectivity index (χ2n) is 6.34. The van der Waals surface area contributed by atoms with E-state index in [-0.39, 0.29) is 11.3 Å². The van der Waals surface area contributed by atoms with E-state index in [0.29, 0.717) is 36.6 Å². The van der Waals surface area contributed by atoms with Gasteiger partial charge in [-0.15, -0.1) is 0 Å². The fraction of sp³-hybridized carbons (Fsp3) is 0.0455. The van der Waals surface area contributed by atoms with Crippen molar-refractivity contribution in [3.8, 4) is 17.2 Å². The van der Waals surface area contributed by atoms with E-state index in [4.69, 9.17) is 21.4 Å². The monoisotopic (exact) mass is 581 g/mol. The number of ketones is 1. The number of hydrogen-bond acceptors (Lipinski definition) is 6. The summed E-state index contributed by atoms with van der Waals surface area (Å²) >= 11 is 12.8. The second-order valence-corrected chi connectivity index (χ2v) is 8.48. The van der Waals surface area contributed by atoms with E-state index in [1.165, 1.54) is 30.5 Å². The first-order valence-corrected chi connectivity index (χ1v) is 10.9. The van der Waals surface area contributed by atoms with E-state index >= 15 is 0 Å². The average molecular weight is 584 g/mol. The SMILES string of the molecule is O=C(O)CO/N=C/c1cc(Br)c(Oc2ccc(O)c(C(=O)c3cccc(Cl)c3)c2)c(Br)c1. The Balaban J connectivity index is 1.84. The lowest BCUT2D eigenvalue weighted by molar-refractivity contribution is -0.142. The van der Waals surface area contributed by atoms with E-state index in [2.05, 4.69) is 41.9 Å². The van der Waals surface area contributed by atoms with E-state index in [1.807, 2.05) is 0 Å². The maximum Gasteiger partial charge on any atom is 0.344 e. The summed E-state index contributed by atoms with van der Waals surface area (Å²) in [5.41, 5.74) is 1.02. The van der Waals surface area contributed by atoms with Gasteiger partial charge in [-0.05, 0) is 79.9 Å². The van der Waals surface area contributed by atoms with Crippen molar-refractivity contribution in [2.24, 2.45) is 5.16 Å². The van der Waals surface area contributed by atoms with Gasteiger partial charge in [0.1, 0.15) is 11.5 Å². The first-order chi connectivity index (χ1) is 15.2. The number of carbonyl (C=O) groups excluding carboxylic acids is 1. The summed E-state index contributed by atoms with van der Waals surface area (Å²) in [5, 5.41) is 22.7. The van der Waals surface area contributed by atoms with Crippen LogP contribution in [0.4, 0.5) is 0 Å². The van der Waals surface area contributed by atoms with Crippen LogP contribution in [0.15, 0.2) is 68.7 Å². The molecular weight excluding hydrogens is 570 g/mol. The van der Waals surface area contributed by atoms with Crippen LogP contribution in [0.2, 0.25) is 5.02 Å². The Labute approximate surface area is 204 Å². The molecule has 0 radical (unpaired) electrons. The third-order valence-electron chi connectivity index (χ3n) is 4.00. The number of ether oxygens (including phenoxy) is 1. The molecule has 0 aliphatic rings. The lowest BCUT2D eigenvalue weighted by atomic mass is 10.0. The zero-order valence-corrected chi connectivity index (χ0v) is 20.0. The Morgan fingerprint density at radius 2 is 1.78 bits per heavy atom. The molecule has 0 unspecified atom stereocenters. The third-order valence-corrected chi connectivity index (χ3v) is 5.42. The summed E-state index contributed by atoms with van der Waals surface area (Å²) in [6.07, 6.45) is 1.35. The Kier molecular flexibility index (Phi) is 7.89. The molecule has 0 amide bonds. The maximum absolute atomic E-state index is 12.8. The average Bonchev–Trinajstić information content (AvgIpc) is 2.74. The van der Waals surface area contributed by atoms with Gasteiger partial charge in [-0.1, -0.05) is 28.9 Å². The molecule has 0 atom stereocenters. The quantitative estimate of drug-likeness (QED) is 0.191. The fourth-order valence-electron chi connectivity index (χ4n) is 2.61. The molecule has 0 spiro atoms. The van der Waals surface area contributed by atoms with Gasteiger partial charge in [0.15, 0.2) is 11.5 Å².